The molecule has 0 fully saturated rings. The SMILES string of the molecule is COc1ccc(O)c(-c2cc(OC)cc(-c3cc(OC)ccc3O)c2O)c1. The topological polar surface area (TPSA) is 88.4 Å². The molecule has 0 unspecified atom stereocenters. The predicted molar refractivity (Wildman–Crippen MR) is 102 cm³/mol. The van der Waals surface area contributed by atoms with Crippen LogP contribution in [0.2, 0.25) is 0 Å². The number of phenols is 3. The van der Waals surface area contributed by atoms with E-state index in [0.29, 0.717) is 39.5 Å². The summed E-state index contributed by atoms with van der Waals surface area (Å²) in [7, 11) is 4.53. The number of aromatic hydroxyl groups is 3. The fourth-order valence-corrected chi connectivity index (χ4v) is 2.85. The van der Waals surface area contributed by atoms with Gasteiger partial charge in [0.1, 0.15) is 34.5 Å². The van der Waals surface area contributed by atoms with Crippen molar-refractivity contribution in [2.75, 3.05) is 21.3 Å². The molecule has 3 aromatic rings. The fraction of sp³-hybridized carbons (Fsp3) is 0.143. The maximum absolute atomic E-state index is 10.9. The van der Waals surface area contributed by atoms with E-state index in [1.54, 1.807) is 36.4 Å². The van der Waals surface area contributed by atoms with Gasteiger partial charge in [-0.15, -0.1) is 0 Å². The summed E-state index contributed by atoms with van der Waals surface area (Å²) in [6.07, 6.45) is 0. The molecule has 6 heteroatoms. The Morgan fingerprint density at radius 1 is 0.519 bits per heavy atom. The van der Waals surface area contributed by atoms with Gasteiger partial charge >= 0.3 is 0 Å². The van der Waals surface area contributed by atoms with Crippen LogP contribution in [0.15, 0.2) is 48.5 Å². The molecular weight excluding hydrogens is 348 g/mol. The molecule has 0 saturated carbocycles. The molecule has 0 saturated heterocycles. The zero-order chi connectivity index (χ0) is 19.6. The van der Waals surface area contributed by atoms with Gasteiger partial charge in [0, 0.05) is 22.3 Å². The number of phenolic OH excluding ortho intramolecular Hbond substituents is 3. The summed E-state index contributed by atoms with van der Waals surface area (Å²) in [6, 6.07) is 12.6. The number of hydrogen-bond donors (Lipinski definition) is 3. The Kier molecular flexibility index (Phi) is 4.98. The van der Waals surface area contributed by atoms with Crippen molar-refractivity contribution < 1.29 is 29.5 Å². The van der Waals surface area contributed by atoms with Gasteiger partial charge in [-0.1, -0.05) is 0 Å². The molecule has 0 radical (unpaired) electrons. The molecular formula is C21H20O6. The lowest BCUT2D eigenvalue weighted by molar-refractivity contribution is 0.410. The second-order valence-electron chi connectivity index (χ2n) is 5.84. The van der Waals surface area contributed by atoms with Gasteiger partial charge in [0.15, 0.2) is 0 Å². The second kappa shape index (κ2) is 7.37. The highest BCUT2D eigenvalue weighted by atomic mass is 16.5. The fourth-order valence-electron chi connectivity index (χ4n) is 2.85. The number of ether oxygens (including phenoxy) is 3. The summed E-state index contributed by atoms with van der Waals surface area (Å²) >= 11 is 0. The Morgan fingerprint density at radius 3 is 1.26 bits per heavy atom. The first-order valence-electron chi connectivity index (χ1n) is 8.14. The normalized spacial score (nSPS) is 10.5. The highest BCUT2D eigenvalue weighted by molar-refractivity contribution is 5.88. The van der Waals surface area contributed by atoms with E-state index in [0.717, 1.165) is 0 Å². The van der Waals surface area contributed by atoms with Crippen LogP contribution in [0.1, 0.15) is 0 Å². The number of benzene rings is 3. The van der Waals surface area contributed by atoms with Crippen molar-refractivity contribution >= 4 is 0 Å². The minimum absolute atomic E-state index is 0.0276. The van der Waals surface area contributed by atoms with Crippen molar-refractivity contribution in [1.82, 2.24) is 0 Å². The van der Waals surface area contributed by atoms with Crippen molar-refractivity contribution in [3.8, 4) is 56.8 Å². The van der Waals surface area contributed by atoms with Gasteiger partial charge in [0.05, 0.1) is 21.3 Å². The first-order chi connectivity index (χ1) is 13.0. The van der Waals surface area contributed by atoms with Crippen LogP contribution in [0.4, 0.5) is 0 Å². The molecule has 0 heterocycles. The molecule has 3 aromatic carbocycles. The molecule has 140 valence electrons. The maximum atomic E-state index is 10.9. The Hall–Kier alpha value is -3.54. The van der Waals surface area contributed by atoms with Crippen LogP contribution in [0.25, 0.3) is 22.3 Å². The van der Waals surface area contributed by atoms with Gasteiger partial charge in [0.2, 0.25) is 0 Å². The van der Waals surface area contributed by atoms with Crippen molar-refractivity contribution in [2.45, 2.75) is 0 Å². The summed E-state index contributed by atoms with van der Waals surface area (Å²) in [5.41, 5.74) is 1.41. The molecule has 0 aliphatic carbocycles. The van der Waals surface area contributed by atoms with Crippen LogP contribution in [0.3, 0.4) is 0 Å². The minimum atomic E-state index is -0.122. The standard InChI is InChI=1S/C21H20O6/c1-25-12-4-6-19(22)15(8-12)17-10-14(27-3)11-18(21(17)24)16-9-13(26-2)5-7-20(16)23/h4-11,22-24H,1-3H3. The van der Waals surface area contributed by atoms with Gasteiger partial charge in [-0.3, -0.25) is 0 Å². The monoisotopic (exact) mass is 368 g/mol. The average Bonchev–Trinajstić information content (AvgIpc) is 2.69. The average molecular weight is 368 g/mol. The van der Waals surface area contributed by atoms with Crippen LogP contribution < -0.4 is 14.2 Å². The number of hydrogen-bond acceptors (Lipinski definition) is 6. The van der Waals surface area contributed by atoms with E-state index in [1.165, 1.54) is 33.5 Å². The lowest BCUT2D eigenvalue weighted by Crippen LogP contribution is -1.92. The van der Waals surface area contributed by atoms with E-state index in [-0.39, 0.29) is 17.2 Å². The van der Waals surface area contributed by atoms with Gasteiger partial charge in [0.25, 0.3) is 0 Å². The number of methoxy groups -OCH3 is 3. The lowest BCUT2D eigenvalue weighted by atomic mass is 9.95. The van der Waals surface area contributed by atoms with Gasteiger partial charge in [-0.05, 0) is 48.5 Å². The summed E-state index contributed by atoms with van der Waals surface area (Å²) < 4.78 is 15.8. The summed E-state index contributed by atoms with van der Waals surface area (Å²) in [4.78, 5) is 0. The molecule has 0 aliphatic heterocycles. The van der Waals surface area contributed by atoms with Crippen LogP contribution in [0, 0.1) is 0 Å². The Balaban J connectivity index is 2.29. The summed E-state index contributed by atoms with van der Waals surface area (Å²) in [5, 5.41) is 31.5. The molecule has 0 aliphatic rings. The van der Waals surface area contributed by atoms with Crippen LogP contribution in [0.5, 0.6) is 34.5 Å². The van der Waals surface area contributed by atoms with Crippen LogP contribution in [-0.4, -0.2) is 36.6 Å². The summed E-state index contributed by atoms with van der Waals surface area (Å²) in [5.74, 6) is 1.32. The van der Waals surface area contributed by atoms with Crippen LogP contribution in [-0.2, 0) is 0 Å². The molecule has 0 bridgehead atoms. The molecule has 0 amide bonds. The molecule has 0 atom stereocenters. The third-order valence-electron chi connectivity index (χ3n) is 4.31. The van der Waals surface area contributed by atoms with Crippen molar-refractivity contribution in [3.05, 3.63) is 48.5 Å². The molecule has 27 heavy (non-hydrogen) atoms. The quantitative estimate of drug-likeness (QED) is 0.627. The zero-order valence-corrected chi connectivity index (χ0v) is 15.2. The van der Waals surface area contributed by atoms with Gasteiger partial charge in [-0.25, -0.2) is 0 Å². The van der Waals surface area contributed by atoms with E-state index in [2.05, 4.69) is 0 Å². The molecule has 6 nitrogen and oxygen atoms in total. The van der Waals surface area contributed by atoms with Crippen molar-refractivity contribution in [1.29, 1.82) is 0 Å². The smallest absolute Gasteiger partial charge is 0.131 e. The van der Waals surface area contributed by atoms with E-state index < -0.39 is 0 Å². The molecule has 3 rings (SSSR count). The van der Waals surface area contributed by atoms with E-state index in [4.69, 9.17) is 14.2 Å². The highest BCUT2D eigenvalue weighted by Gasteiger charge is 2.19. The number of rotatable bonds is 5. The third-order valence-corrected chi connectivity index (χ3v) is 4.31. The summed E-state index contributed by atoms with van der Waals surface area (Å²) in [6.45, 7) is 0. The Labute approximate surface area is 156 Å². The van der Waals surface area contributed by atoms with E-state index in [1.807, 2.05) is 0 Å². The molecule has 0 aromatic heterocycles. The first kappa shape index (κ1) is 18.3. The maximum Gasteiger partial charge on any atom is 0.131 e. The third kappa shape index (κ3) is 3.42. The lowest BCUT2D eigenvalue weighted by Gasteiger charge is -2.16. The zero-order valence-electron chi connectivity index (χ0n) is 15.2. The first-order valence-corrected chi connectivity index (χ1v) is 8.14. The Bertz CT molecular complexity index is 906. The highest BCUT2D eigenvalue weighted by Crippen LogP contribution is 2.47. The minimum Gasteiger partial charge on any atom is -0.507 e. The Morgan fingerprint density at radius 2 is 0.889 bits per heavy atom. The predicted octanol–water partition coefficient (Wildman–Crippen LogP) is 4.16. The van der Waals surface area contributed by atoms with Crippen LogP contribution >= 0.6 is 0 Å². The van der Waals surface area contributed by atoms with E-state index >= 15 is 0 Å². The van der Waals surface area contributed by atoms with E-state index in [9.17, 15) is 15.3 Å². The second-order valence-corrected chi connectivity index (χ2v) is 5.84. The van der Waals surface area contributed by atoms with Crippen molar-refractivity contribution in [2.24, 2.45) is 0 Å². The molecule has 3 N–H and O–H groups in total. The van der Waals surface area contributed by atoms with Gasteiger partial charge < -0.3 is 29.5 Å². The largest absolute Gasteiger partial charge is 0.507 e. The molecule has 0 spiro atoms. The van der Waals surface area contributed by atoms with Crippen molar-refractivity contribution in [3.63, 3.8) is 0 Å². The van der Waals surface area contributed by atoms with Gasteiger partial charge in [-0.2, -0.15) is 0 Å².